The van der Waals surface area contributed by atoms with Crippen LogP contribution in [0.2, 0.25) is 0 Å². The van der Waals surface area contributed by atoms with E-state index >= 15 is 0 Å². The number of fused-ring (bicyclic) bond motifs is 1. The lowest BCUT2D eigenvalue weighted by Crippen LogP contribution is -2.27. The zero-order valence-electron chi connectivity index (χ0n) is 14.2. The summed E-state index contributed by atoms with van der Waals surface area (Å²) in [6.07, 6.45) is 0.269. The number of nitrogens with one attached hydrogen (secondary N) is 2. The molecule has 2 N–H and O–H groups in total. The molecule has 0 aliphatic rings. The average molecular weight is 370 g/mol. The number of carbonyl (C=O) groups is 1. The van der Waals surface area contributed by atoms with Crippen molar-refractivity contribution in [3.63, 3.8) is 0 Å². The monoisotopic (exact) mass is 370 g/mol. The van der Waals surface area contributed by atoms with Gasteiger partial charge in [-0.2, -0.15) is 0 Å². The van der Waals surface area contributed by atoms with Crippen LogP contribution < -0.4 is 10.3 Å². The van der Waals surface area contributed by atoms with Gasteiger partial charge >= 0.3 is 0 Å². The second-order valence-electron chi connectivity index (χ2n) is 5.94. The van der Waals surface area contributed by atoms with E-state index in [4.69, 9.17) is 0 Å². The molecule has 26 heavy (non-hydrogen) atoms. The molecular formula is C19H18N2O4S. The van der Waals surface area contributed by atoms with Gasteiger partial charge in [0.2, 0.25) is 10.0 Å². The van der Waals surface area contributed by atoms with Gasteiger partial charge in [0.05, 0.1) is 4.90 Å². The molecule has 0 spiro atoms. The highest BCUT2D eigenvalue weighted by Gasteiger charge is 2.14. The number of Topliss-reactive ketones (excluding diaryl/α,β-unsaturated/α-hetero) is 1. The summed E-state index contributed by atoms with van der Waals surface area (Å²) in [5.41, 5.74) is 1.48. The second-order valence-corrected chi connectivity index (χ2v) is 7.71. The number of ketones is 1. The van der Waals surface area contributed by atoms with Crippen molar-refractivity contribution in [2.24, 2.45) is 0 Å². The van der Waals surface area contributed by atoms with E-state index in [1.54, 1.807) is 6.07 Å². The first-order valence-electron chi connectivity index (χ1n) is 8.08. The SMILES string of the molecule is CC(=O)c1ccc(S(=O)(=O)NCCc2cc3ccccc3[nH]c2=O)cc1. The van der Waals surface area contributed by atoms with Crippen molar-refractivity contribution in [1.82, 2.24) is 9.71 Å². The molecule has 0 aliphatic heterocycles. The first-order valence-corrected chi connectivity index (χ1v) is 9.57. The van der Waals surface area contributed by atoms with Crippen LogP contribution in [0.4, 0.5) is 0 Å². The minimum atomic E-state index is -3.70. The lowest BCUT2D eigenvalue weighted by atomic mass is 10.1. The van der Waals surface area contributed by atoms with Gasteiger partial charge in [-0.25, -0.2) is 13.1 Å². The molecular weight excluding hydrogens is 352 g/mol. The molecule has 0 bridgehead atoms. The number of aromatic nitrogens is 1. The van der Waals surface area contributed by atoms with Gasteiger partial charge in [0.15, 0.2) is 5.78 Å². The average Bonchev–Trinajstić information content (AvgIpc) is 2.62. The minimum absolute atomic E-state index is 0.0786. The van der Waals surface area contributed by atoms with E-state index in [0.717, 1.165) is 10.9 Å². The number of H-pyrrole nitrogens is 1. The molecule has 1 heterocycles. The number of hydrogen-bond acceptors (Lipinski definition) is 4. The molecule has 7 heteroatoms. The smallest absolute Gasteiger partial charge is 0.251 e. The van der Waals surface area contributed by atoms with Crippen LogP contribution in [-0.4, -0.2) is 25.7 Å². The zero-order chi connectivity index (χ0) is 18.7. The molecule has 0 saturated carbocycles. The molecule has 1 aromatic heterocycles. The van der Waals surface area contributed by atoms with Crippen LogP contribution in [0.15, 0.2) is 64.3 Å². The van der Waals surface area contributed by atoms with Crippen molar-refractivity contribution in [3.8, 4) is 0 Å². The number of carbonyl (C=O) groups excluding carboxylic acids is 1. The fraction of sp³-hybridized carbons (Fsp3) is 0.158. The number of sulfonamides is 1. The third-order valence-corrected chi connectivity index (χ3v) is 5.56. The first kappa shape index (κ1) is 18.0. The maximum absolute atomic E-state index is 12.3. The number of pyridine rings is 1. The summed E-state index contributed by atoms with van der Waals surface area (Å²) in [6, 6.07) is 14.9. The van der Waals surface area contributed by atoms with E-state index in [0.29, 0.717) is 11.1 Å². The molecule has 0 unspecified atom stereocenters. The Kier molecular flexibility index (Phi) is 5.01. The summed E-state index contributed by atoms with van der Waals surface area (Å²) in [5.74, 6) is -0.127. The third kappa shape index (κ3) is 3.89. The lowest BCUT2D eigenvalue weighted by Gasteiger charge is -2.08. The molecule has 0 fully saturated rings. The number of benzene rings is 2. The van der Waals surface area contributed by atoms with Gasteiger partial charge < -0.3 is 4.98 Å². The molecule has 3 rings (SSSR count). The van der Waals surface area contributed by atoms with Crippen LogP contribution >= 0.6 is 0 Å². The summed E-state index contributed by atoms with van der Waals surface area (Å²) in [4.78, 5) is 26.2. The molecule has 3 aromatic rings. The zero-order valence-corrected chi connectivity index (χ0v) is 15.0. The van der Waals surface area contributed by atoms with Crippen molar-refractivity contribution in [1.29, 1.82) is 0 Å². The van der Waals surface area contributed by atoms with E-state index in [1.807, 2.05) is 24.3 Å². The van der Waals surface area contributed by atoms with Gasteiger partial charge in [-0.05, 0) is 43.0 Å². The molecule has 2 aromatic carbocycles. The summed E-state index contributed by atoms with van der Waals surface area (Å²) >= 11 is 0. The standard InChI is InChI=1S/C19H18N2O4S/c1-13(22)14-6-8-17(9-7-14)26(24,25)20-11-10-16-12-15-4-2-3-5-18(15)21-19(16)23/h2-9,12,20H,10-11H2,1H3,(H,21,23). The summed E-state index contributed by atoms with van der Waals surface area (Å²) in [6.45, 7) is 1.51. The Hall–Kier alpha value is -2.77. The Morgan fingerprint density at radius 2 is 1.77 bits per heavy atom. The Balaban J connectivity index is 1.71. The fourth-order valence-corrected chi connectivity index (χ4v) is 3.68. The lowest BCUT2D eigenvalue weighted by molar-refractivity contribution is 0.101. The van der Waals surface area contributed by atoms with Crippen LogP contribution in [0.3, 0.4) is 0 Å². The number of para-hydroxylation sites is 1. The van der Waals surface area contributed by atoms with Crippen molar-refractivity contribution < 1.29 is 13.2 Å². The van der Waals surface area contributed by atoms with Gasteiger partial charge in [0, 0.05) is 23.2 Å². The highest BCUT2D eigenvalue weighted by atomic mass is 32.2. The van der Waals surface area contributed by atoms with E-state index in [-0.39, 0.29) is 29.2 Å². The second kappa shape index (κ2) is 7.23. The Labute approximate surface area is 150 Å². The quantitative estimate of drug-likeness (QED) is 0.651. The predicted molar refractivity (Wildman–Crippen MR) is 99.9 cm³/mol. The summed E-state index contributed by atoms with van der Waals surface area (Å²) in [7, 11) is -3.70. The molecule has 0 atom stereocenters. The molecule has 6 nitrogen and oxygen atoms in total. The Bertz CT molecular complexity index is 1120. The number of rotatable bonds is 6. The minimum Gasteiger partial charge on any atom is -0.322 e. The molecule has 0 radical (unpaired) electrons. The third-order valence-electron chi connectivity index (χ3n) is 4.09. The maximum atomic E-state index is 12.3. The number of aromatic amines is 1. The van der Waals surface area contributed by atoms with Crippen molar-refractivity contribution in [3.05, 3.63) is 76.1 Å². The van der Waals surface area contributed by atoms with Crippen LogP contribution in [0, 0.1) is 0 Å². The van der Waals surface area contributed by atoms with Gasteiger partial charge in [0.1, 0.15) is 0 Å². The Morgan fingerprint density at radius 3 is 2.46 bits per heavy atom. The molecule has 0 saturated heterocycles. The summed E-state index contributed by atoms with van der Waals surface area (Å²) in [5, 5.41) is 0.893. The van der Waals surface area contributed by atoms with Gasteiger partial charge in [-0.15, -0.1) is 0 Å². The number of hydrogen-bond donors (Lipinski definition) is 2. The van der Waals surface area contributed by atoms with Crippen molar-refractivity contribution in [2.45, 2.75) is 18.2 Å². The highest BCUT2D eigenvalue weighted by Crippen LogP contribution is 2.12. The first-order chi connectivity index (χ1) is 12.4. The van der Waals surface area contributed by atoms with Crippen molar-refractivity contribution in [2.75, 3.05) is 6.54 Å². The van der Waals surface area contributed by atoms with Crippen LogP contribution in [0.5, 0.6) is 0 Å². The van der Waals surface area contributed by atoms with E-state index < -0.39 is 10.0 Å². The summed E-state index contributed by atoms with van der Waals surface area (Å²) < 4.78 is 27.1. The highest BCUT2D eigenvalue weighted by molar-refractivity contribution is 7.89. The van der Waals surface area contributed by atoms with Gasteiger partial charge in [0.25, 0.3) is 5.56 Å². The van der Waals surface area contributed by atoms with Gasteiger partial charge in [-0.1, -0.05) is 30.3 Å². The normalized spacial score (nSPS) is 11.6. The molecule has 0 aliphatic carbocycles. The van der Waals surface area contributed by atoms with E-state index in [9.17, 15) is 18.0 Å². The van der Waals surface area contributed by atoms with Gasteiger partial charge in [-0.3, -0.25) is 9.59 Å². The largest absolute Gasteiger partial charge is 0.322 e. The van der Waals surface area contributed by atoms with Crippen LogP contribution in [0.25, 0.3) is 10.9 Å². The Morgan fingerprint density at radius 1 is 1.08 bits per heavy atom. The maximum Gasteiger partial charge on any atom is 0.251 e. The van der Waals surface area contributed by atoms with E-state index in [1.165, 1.54) is 31.2 Å². The van der Waals surface area contributed by atoms with E-state index in [2.05, 4.69) is 9.71 Å². The molecule has 134 valence electrons. The fourth-order valence-electron chi connectivity index (χ4n) is 2.65. The molecule has 0 amide bonds. The topological polar surface area (TPSA) is 96.1 Å². The van der Waals surface area contributed by atoms with Crippen molar-refractivity contribution >= 4 is 26.7 Å². The predicted octanol–water partition coefficient (Wildman–Crippen LogP) is 2.25. The van der Waals surface area contributed by atoms with Crippen LogP contribution in [-0.2, 0) is 16.4 Å². The van der Waals surface area contributed by atoms with Crippen LogP contribution in [0.1, 0.15) is 22.8 Å².